The van der Waals surface area contributed by atoms with E-state index in [1.165, 1.54) is 28.1 Å². The summed E-state index contributed by atoms with van der Waals surface area (Å²) < 4.78 is 1.50. The summed E-state index contributed by atoms with van der Waals surface area (Å²) >= 11 is 1.32. The zero-order chi connectivity index (χ0) is 13.6. The molecule has 0 amide bonds. The highest BCUT2D eigenvalue weighted by Gasteiger charge is 2.21. The van der Waals surface area contributed by atoms with Crippen molar-refractivity contribution in [3.8, 4) is 22.8 Å². The Labute approximate surface area is 109 Å². The molecule has 0 aliphatic heterocycles. The van der Waals surface area contributed by atoms with Crippen LogP contribution in [0.1, 0.15) is 0 Å². The van der Waals surface area contributed by atoms with Crippen LogP contribution in [-0.2, 0) is 0 Å². The highest BCUT2D eigenvalue weighted by atomic mass is 32.1. The third-order valence-corrected chi connectivity index (χ3v) is 3.28. The van der Waals surface area contributed by atoms with Gasteiger partial charge in [-0.3, -0.25) is 10.1 Å². The molecular formula is C10H6N4O4S. The van der Waals surface area contributed by atoms with Crippen LogP contribution >= 0.6 is 11.3 Å². The Morgan fingerprint density at radius 1 is 1.37 bits per heavy atom. The Hall–Kier alpha value is -2.68. The lowest BCUT2D eigenvalue weighted by Crippen LogP contribution is -1.92. The largest absolute Gasteiger partial charge is 0.504 e. The number of nitro benzene ring substituents is 1. The van der Waals surface area contributed by atoms with Crippen LogP contribution in [0, 0.1) is 10.1 Å². The molecule has 0 unspecified atom stereocenters. The molecule has 1 aromatic carbocycles. The number of benzene rings is 1. The van der Waals surface area contributed by atoms with Crippen molar-refractivity contribution in [2.75, 3.05) is 0 Å². The van der Waals surface area contributed by atoms with Gasteiger partial charge in [0.15, 0.2) is 5.75 Å². The van der Waals surface area contributed by atoms with Gasteiger partial charge in [0.2, 0.25) is 10.7 Å². The number of aromatic nitrogens is 3. The Morgan fingerprint density at radius 3 is 2.89 bits per heavy atom. The van der Waals surface area contributed by atoms with Gasteiger partial charge in [0.1, 0.15) is 5.51 Å². The van der Waals surface area contributed by atoms with Gasteiger partial charge in [0.05, 0.1) is 16.8 Å². The molecule has 3 rings (SSSR count). The lowest BCUT2D eigenvalue weighted by atomic mass is 10.1. The highest BCUT2D eigenvalue weighted by Crippen LogP contribution is 2.39. The van der Waals surface area contributed by atoms with Crippen LogP contribution in [0.2, 0.25) is 0 Å². The van der Waals surface area contributed by atoms with Crippen LogP contribution in [0.4, 0.5) is 5.69 Å². The van der Waals surface area contributed by atoms with Gasteiger partial charge in [0, 0.05) is 11.6 Å². The van der Waals surface area contributed by atoms with Crippen LogP contribution in [0.15, 0.2) is 23.8 Å². The molecule has 3 aromatic rings. The van der Waals surface area contributed by atoms with Gasteiger partial charge < -0.3 is 10.2 Å². The van der Waals surface area contributed by atoms with Gasteiger partial charge >= 0.3 is 5.69 Å². The first-order chi connectivity index (χ1) is 9.08. The molecule has 2 heterocycles. The molecule has 2 aromatic heterocycles. The molecule has 0 aliphatic carbocycles. The molecule has 2 N–H and O–H groups in total. The number of rotatable bonds is 2. The van der Waals surface area contributed by atoms with E-state index in [0.29, 0.717) is 16.2 Å². The number of fused-ring (bicyclic) bond motifs is 1. The molecular weight excluding hydrogens is 272 g/mol. The summed E-state index contributed by atoms with van der Waals surface area (Å²) in [5, 5.41) is 33.8. The van der Waals surface area contributed by atoms with Crippen molar-refractivity contribution in [3.63, 3.8) is 0 Å². The fourth-order valence-electron chi connectivity index (χ4n) is 1.73. The summed E-state index contributed by atoms with van der Waals surface area (Å²) in [7, 11) is 0. The minimum Gasteiger partial charge on any atom is -0.504 e. The van der Waals surface area contributed by atoms with E-state index in [4.69, 9.17) is 0 Å². The molecule has 0 radical (unpaired) electrons. The van der Waals surface area contributed by atoms with Crippen LogP contribution in [0.3, 0.4) is 0 Å². The van der Waals surface area contributed by atoms with Crippen molar-refractivity contribution in [2.45, 2.75) is 0 Å². The quantitative estimate of drug-likeness (QED) is 0.419. The van der Waals surface area contributed by atoms with E-state index in [1.54, 1.807) is 5.51 Å². The molecule has 0 bridgehead atoms. The molecule has 0 atom stereocenters. The second kappa shape index (κ2) is 3.92. The topological polar surface area (TPSA) is 114 Å². The molecule has 19 heavy (non-hydrogen) atoms. The highest BCUT2D eigenvalue weighted by molar-refractivity contribution is 7.14. The number of nitro groups is 1. The molecule has 0 fully saturated rings. The number of nitrogens with zero attached hydrogens (tertiary/aromatic N) is 4. The van der Waals surface area contributed by atoms with Gasteiger partial charge in [-0.1, -0.05) is 11.3 Å². The zero-order valence-corrected chi connectivity index (χ0v) is 10.0. The standard InChI is InChI=1S/C10H6N4O4S/c15-8-2-5(1-6(9(8)16)14(17)18)7-3-11-10-13(7)12-4-19-10/h1-4,15-16H. The van der Waals surface area contributed by atoms with Crippen molar-refractivity contribution in [1.82, 2.24) is 14.6 Å². The maximum absolute atomic E-state index is 10.8. The van der Waals surface area contributed by atoms with E-state index < -0.39 is 22.1 Å². The Balaban J connectivity index is 2.26. The molecule has 0 saturated carbocycles. The third kappa shape index (κ3) is 1.67. The summed E-state index contributed by atoms with van der Waals surface area (Å²) in [6.07, 6.45) is 1.49. The third-order valence-electron chi connectivity index (χ3n) is 2.59. The van der Waals surface area contributed by atoms with Crippen molar-refractivity contribution in [3.05, 3.63) is 34.0 Å². The smallest absolute Gasteiger partial charge is 0.315 e. The Bertz CT molecular complexity index is 794. The van der Waals surface area contributed by atoms with Crippen molar-refractivity contribution in [1.29, 1.82) is 0 Å². The molecule has 9 heteroatoms. The first-order valence-electron chi connectivity index (χ1n) is 5.06. The first kappa shape index (κ1) is 11.4. The molecule has 8 nitrogen and oxygen atoms in total. The van der Waals surface area contributed by atoms with Gasteiger partial charge in [-0.25, -0.2) is 9.50 Å². The minimum absolute atomic E-state index is 0.348. The van der Waals surface area contributed by atoms with E-state index in [1.807, 2.05) is 0 Å². The Kier molecular flexibility index (Phi) is 2.35. The predicted octanol–water partition coefficient (Wildman–Crippen LogP) is 1.78. The summed E-state index contributed by atoms with van der Waals surface area (Å²) in [5.74, 6) is -1.32. The molecule has 0 spiro atoms. The average molecular weight is 278 g/mol. The lowest BCUT2D eigenvalue weighted by molar-refractivity contribution is -0.385. The van der Waals surface area contributed by atoms with Crippen LogP contribution in [0.5, 0.6) is 11.5 Å². The first-order valence-corrected chi connectivity index (χ1v) is 5.94. The normalized spacial score (nSPS) is 10.9. The van der Waals surface area contributed by atoms with Crippen molar-refractivity contribution in [2.24, 2.45) is 0 Å². The maximum atomic E-state index is 10.8. The number of hydrogen-bond donors (Lipinski definition) is 2. The van der Waals surface area contributed by atoms with E-state index in [-0.39, 0.29) is 0 Å². The van der Waals surface area contributed by atoms with E-state index in [2.05, 4.69) is 10.1 Å². The van der Waals surface area contributed by atoms with E-state index >= 15 is 0 Å². The fraction of sp³-hybridized carbons (Fsp3) is 0. The molecule has 0 saturated heterocycles. The molecule has 0 aliphatic rings. The summed E-state index contributed by atoms with van der Waals surface area (Å²) in [4.78, 5) is 14.8. The monoisotopic (exact) mass is 278 g/mol. The fourth-order valence-corrected chi connectivity index (χ4v) is 2.32. The number of aromatic hydroxyl groups is 2. The average Bonchev–Trinajstić information content (AvgIpc) is 2.94. The van der Waals surface area contributed by atoms with E-state index in [9.17, 15) is 20.3 Å². The van der Waals surface area contributed by atoms with Gasteiger partial charge in [-0.05, 0) is 6.07 Å². The van der Waals surface area contributed by atoms with Crippen LogP contribution in [0.25, 0.3) is 16.2 Å². The number of phenols is 2. The summed E-state index contributed by atoms with van der Waals surface area (Å²) in [6, 6.07) is 2.39. The number of phenolic OH excluding ortho intramolecular Hbond substituents is 2. The second-order valence-corrected chi connectivity index (χ2v) is 4.51. The van der Waals surface area contributed by atoms with Crippen LogP contribution in [-0.4, -0.2) is 29.7 Å². The predicted molar refractivity (Wildman–Crippen MR) is 66.3 cm³/mol. The van der Waals surface area contributed by atoms with Crippen molar-refractivity contribution >= 4 is 22.0 Å². The van der Waals surface area contributed by atoms with Crippen LogP contribution < -0.4 is 0 Å². The zero-order valence-electron chi connectivity index (χ0n) is 9.22. The van der Waals surface area contributed by atoms with Gasteiger partial charge in [-0.2, -0.15) is 5.10 Å². The number of hydrogen-bond acceptors (Lipinski definition) is 7. The summed E-state index contributed by atoms with van der Waals surface area (Å²) in [5.41, 5.74) is 1.86. The number of imidazole rings is 1. The van der Waals surface area contributed by atoms with Gasteiger partial charge in [0.25, 0.3) is 0 Å². The SMILES string of the molecule is O=[N+]([O-])c1cc(-c2cnc3scnn23)cc(O)c1O. The second-order valence-electron chi connectivity index (χ2n) is 3.70. The Morgan fingerprint density at radius 2 is 2.16 bits per heavy atom. The minimum atomic E-state index is -0.766. The summed E-state index contributed by atoms with van der Waals surface area (Å²) in [6.45, 7) is 0. The van der Waals surface area contributed by atoms with E-state index in [0.717, 1.165) is 6.07 Å². The van der Waals surface area contributed by atoms with Crippen molar-refractivity contribution < 1.29 is 15.1 Å². The maximum Gasteiger partial charge on any atom is 0.315 e. The van der Waals surface area contributed by atoms with Gasteiger partial charge in [-0.15, -0.1) is 0 Å². The lowest BCUT2D eigenvalue weighted by Gasteiger charge is -2.03. The molecule has 96 valence electrons.